The van der Waals surface area contributed by atoms with Gasteiger partial charge in [0.1, 0.15) is 6.04 Å². The van der Waals surface area contributed by atoms with Crippen LogP contribution < -0.4 is 10.6 Å². The Morgan fingerprint density at radius 1 is 1.08 bits per heavy atom. The van der Waals surface area contributed by atoms with Gasteiger partial charge in [0, 0.05) is 15.2 Å². The summed E-state index contributed by atoms with van der Waals surface area (Å²) in [7, 11) is 0. The highest BCUT2D eigenvalue weighted by Crippen LogP contribution is 2.18. The van der Waals surface area contributed by atoms with Crippen molar-refractivity contribution >= 4 is 45.0 Å². The monoisotopic (exact) mass is 408 g/mol. The molecule has 2 amide bonds. The molecule has 2 N–H and O–H groups in total. The summed E-state index contributed by atoms with van der Waals surface area (Å²) in [6, 6.07) is 13.3. The Balaban J connectivity index is 2.13. The predicted octanol–water partition coefficient (Wildman–Crippen LogP) is 4.50. The van der Waals surface area contributed by atoms with Crippen LogP contribution in [0.2, 0.25) is 5.02 Å². The number of benzene rings is 2. The van der Waals surface area contributed by atoms with Gasteiger partial charge in [0.05, 0.1) is 5.56 Å². The van der Waals surface area contributed by atoms with E-state index in [0.29, 0.717) is 20.7 Å². The lowest BCUT2D eigenvalue weighted by molar-refractivity contribution is -0.118. The average molecular weight is 410 g/mol. The van der Waals surface area contributed by atoms with Gasteiger partial charge in [-0.25, -0.2) is 0 Å². The predicted molar refractivity (Wildman–Crippen MR) is 100 cm³/mol. The fourth-order valence-corrected chi connectivity index (χ4v) is 2.84. The smallest absolute Gasteiger partial charge is 0.253 e. The van der Waals surface area contributed by atoms with E-state index in [9.17, 15) is 9.59 Å². The van der Waals surface area contributed by atoms with Crippen molar-refractivity contribution in [3.05, 3.63) is 63.6 Å². The highest BCUT2D eigenvalue weighted by Gasteiger charge is 2.25. The molecule has 1 atom stereocenters. The summed E-state index contributed by atoms with van der Waals surface area (Å²) in [5.41, 5.74) is 1.08. The van der Waals surface area contributed by atoms with E-state index < -0.39 is 6.04 Å². The Bertz CT molecular complexity index is 749. The summed E-state index contributed by atoms with van der Waals surface area (Å²) in [5, 5.41) is 6.11. The summed E-state index contributed by atoms with van der Waals surface area (Å²) in [6.45, 7) is 3.76. The first-order valence-corrected chi connectivity index (χ1v) is 8.67. The van der Waals surface area contributed by atoms with Gasteiger partial charge in [-0.1, -0.05) is 43.6 Å². The molecule has 0 heterocycles. The molecule has 0 unspecified atom stereocenters. The van der Waals surface area contributed by atoms with Gasteiger partial charge in [0.15, 0.2) is 0 Å². The average Bonchev–Trinajstić information content (AvgIpc) is 2.52. The quantitative estimate of drug-likeness (QED) is 0.764. The zero-order valence-electron chi connectivity index (χ0n) is 13.3. The van der Waals surface area contributed by atoms with Gasteiger partial charge < -0.3 is 10.6 Å². The molecule has 0 aromatic heterocycles. The molecule has 24 heavy (non-hydrogen) atoms. The van der Waals surface area contributed by atoms with Gasteiger partial charge in [-0.2, -0.15) is 0 Å². The first kappa shape index (κ1) is 18.5. The summed E-state index contributed by atoms with van der Waals surface area (Å²) in [6.07, 6.45) is 0. The number of hydrogen-bond acceptors (Lipinski definition) is 2. The maximum absolute atomic E-state index is 12.5. The fraction of sp³-hybridized carbons (Fsp3) is 0.222. The molecule has 0 spiro atoms. The number of rotatable bonds is 5. The van der Waals surface area contributed by atoms with Crippen LogP contribution >= 0.6 is 27.5 Å². The van der Waals surface area contributed by atoms with Crippen molar-refractivity contribution in [2.45, 2.75) is 19.9 Å². The molecular weight excluding hydrogens is 392 g/mol. The molecule has 0 saturated carbocycles. The van der Waals surface area contributed by atoms with Crippen molar-refractivity contribution in [3.8, 4) is 0 Å². The molecule has 0 fully saturated rings. The van der Waals surface area contributed by atoms with Crippen LogP contribution in [0.3, 0.4) is 0 Å². The number of halogens is 2. The van der Waals surface area contributed by atoms with Gasteiger partial charge in [-0.15, -0.1) is 0 Å². The standard InChI is InChI=1S/C18H18BrClN2O2/c1-11(2)16(18(24)21-13-7-5-6-12(20)10-13)22-17(23)14-8-3-4-9-15(14)19/h3-11,16H,1-2H3,(H,21,24)(H,22,23)/t16-/m1/s1. The first-order chi connectivity index (χ1) is 11.4. The third kappa shape index (κ3) is 4.82. The molecule has 126 valence electrons. The van der Waals surface area contributed by atoms with Crippen molar-refractivity contribution in [2.24, 2.45) is 5.92 Å². The van der Waals surface area contributed by atoms with Crippen LogP contribution in [0.1, 0.15) is 24.2 Å². The fourth-order valence-electron chi connectivity index (χ4n) is 2.19. The Morgan fingerprint density at radius 3 is 2.42 bits per heavy atom. The molecule has 0 aliphatic heterocycles. The van der Waals surface area contributed by atoms with Crippen LogP contribution in [-0.4, -0.2) is 17.9 Å². The van der Waals surface area contributed by atoms with Crippen LogP contribution in [0.25, 0.3) is 0 Å². The van der Waals surface area contributed by atoms with Crippen molar-refractivity contribution in [2.75, 3.05) is 5.32 Å². The molecule has 2 aromatic carbocycles. The SMILES string of the molecule is CC(C)[C@@H](NC(=O)c1ccccc1Br)C(=O)Nc1cccc(Cl)c1. The zero-order chi connectivity index (χ0) is 17.7. The lowest BCUT2D eigenvalue weighted by atomic mass is 10.0. The van der Waals surface area contributed by atoms with Crippen LogP contribution in [0.5, 0.6) is 0 Å². The van der Waals surface area contributed by atoms with Gasteiger partial charge in [-0.05, 0) is 52.2 Å². The minimum atomic E-state index is -0.663. The van der Waals surface area contributed by atoms with Crippen LogP contribution in [0.4, 0.5) is 5.69 Å². The Morgan fingerprint density at radius 2 is 1.79 bits per heavy atom. The molecule has 4 nitrogen and oxygen atoms in total. The molecule has 0 aliphatic carbocycles. The normalized spacial score (nSPS) is 11.9. The van der Waals surface area contributed by atoms with Crippen molar-refractivity contribution < 1.29 is 9.59 Å². The van der Waals surface area contributed by atoms with Gasteiger partial charge in [0.2, 0.25) is 5.91 Å². The van der Waals surface area contributed by atoms with Crippen molar-refractivity contribution in [1.82, 2.24) is 5.32 Å². The van der Waals surface area contributed by atoms with Gasteiger partial charge in [0.25, 0.3) is 5.91 Å². The third-order valence-electron chi connectivity index (χ3n) is 3.45. The van der Waals surface area contributed by atoms with E-state index >= 15 is 0 Å². The highest BCUT2D eigenvalue weighted by atomic mass is 79.9. The van der Waals surface area contributed by atoms with E-state index in [1.165, 1.54) is 0 Å². The second kappa shape index (κ2) is 8.31. The Kier molecular flexibility index (Phi) is 6.40. The molecule has 6 heteroatoms. The summed E-state index contributed by atoms with van der Waals surface area (Å²) < 4.78 is 0.681. The Hall–Kier alpha value is -1.85. The highest BCUT2D eigenvalue weighted by molar-refractivity contribution is 9.10. The number of hydrogen-bond donors (Lipinski definition) is 2. The first-order valence-electron chi connectivity index (χ1n) is 7.50. The van der Waals surface area contributed by atoms with E-state index in [1.807, 2.05) is 19.9 Å². The summed E-state index contributed by atoms with van der Waals surface area (Å²) in [5.74, 6) is -0.661. The third-order valence-corrected chi connectivity index (χ3v) is 4.37. The summed E-state index contributed by atoms with van der Waals surface area (Å²) >= 11 is 9.27. The molecule has 2 aromatic rings. The number of nitrogens with one attached hydrogen (secondary N) is 2. The molecule has 0 saturated heterocycles. The topological polar surface area (TPSA) is 58.2 Å². The molecule has 2 rings (SSSR count). The van der Waals surface area contributed by atoms with E-state index in [-0.39, 0.29) is 17.7 Å². The maximum atomic E-state index is 12.5. The lowest BCUT2D eigenvalue weighted by Crippen LogP contribution is -2.47. The maximum Gasteiger partial charge on any atom is 0.253 e. The molecule has 0 radical (unpaired) electrons. The largest absolute Gasteiger partial charge is 0.340 e. The number of carbonyl (C=O) groups is 2. The van der Waals surface area contributed by atoms with Crippen LogP contribution in [0, 0.1) is 5.92 Å². The second-order valence-electron chi connectivity index (χ2n) is 5.67. The number of anilines is 1. The van der Waals surface area contributed by atoms with Crippen LogP contribution in [-0.2, 0) is 4.79 Å². The van der Waals surface area contributed by atoms with Crippen molar-refractivity contribution in [1.29, 1.82) is 0 Å². The van der Waals surface area contributed by atoms with Gasteiger partial charge >= 0.3 is 0 Å². The minimum Gasteiger partial charge on any atom is -0.340 e. The molecular formula is C18H18BrClN2O2. The van der Waals surface area contributed by atoms with E-state index in [0.717, 1.165) is 0 Å². The van der Waals surface area contributed by atoms with Gasteiger partial charge in [-0.3, -0.25) is 9.59 Å². The zero-order valence-corrected chi connectivity index (χ0v) is 15.7. The minimum absolute atomic E-state index is 0.0735. The van der Waals surface area contributed by atoms with Crippen molar-refractivity contribution in [3.63, 3.8) is 0 Å². The molecule has 0 aliphatic rings. The number of carbonyl (C=O) groups excluding carboxylic acids is 2. The van der Waals surface area contributed by atoms with Crippen LogP contribution in [0.15, 0.2) is 53.0 Å². The van der Waals surface area contributed by atoms with E-state index in [2.05, 4.69) is 26.6 Å². The van der Waals surface area contributed by atoms with E-state index in [1.54, 1.807) is 42.5 Å². The number of amides is 2. The summed E-state index contributed by atoms with van der Waals surface area (Å²) in [4.78, 5) is 25.0. The lowest BCUT2D eigenvalue weighted by Gasteiger charge is -2.22. The Labute approximate surface area is 154 Å². The molecule has 0 bridgehead atoms. The second-order valence-corrected chi connectivity index (χ2v) is 6.97. The van der Waals surface area contributed by atoms with E-state index in [4.69, 9.17) is 11.6 Å².